The van der Waals surface area contributed by atoms with Gasteiger partial charge < -0.3 is 10.5 Å². The molecule has 0 unspecified atom stereocenters. The number of rotatable bonds is 5. The largest absolute Gasteiger partial charge is 0.388 e. The number of hydrogen-bond donors (Lipinski definition) is 2. The molecular weight excluding hydrogens is 172 g/mol. The van der Waals surface area contributed by atoms with Crippen LogP contribution in [0.4, 0.5) is 0 Å². The first-order valence-electron chi connectivity index (χ1n) is 3.72. The number of ether oxygens (including phenoxy) is 1. The second-order valence-corrected chi connectivity index (χ2v) is 3.44. The van der Waals surface area contributed by atoms with Crippen molar-refractivity contribution in [3.8, 4) is 0 Å². The lowest BCUT2D eigenvalue weighted by Crippen LogP contribution is -2.12. The average Bonchev–Trinajstić information content (AvgIpc) is 2.49. The van der Waals surface area contributed by atoms with Gasteiger partial charge in [0, 0.05) is 11.3 Å². The molecular formula is C8H12N2OS. The highest BCUT2D eigenvalue weighted by atomic mass is 32.1. The molecule has 3 N–H and O–H groups in total. The molecule has 12 heavy (non-hydrogen) atoms. The Morgan fingerprint density at radius 1 is 1.67 bits per heavy atom. The number of nitrogens with two attached hydrogens (primary N) is 1. The fourth-order valence-corrected chi connectivity index (χ4v) is 1.39. The lowest BCUT2D eigenvalue weighted by atomic mass is 10.4. The van der Waals surface area contributed by atoms with Crippen molar-refractivity contribution in [2.24, 2.45) is 5.73 Å². The molecule has 0 fully saturated rings. The first-order valence-corrected chi connectivity index (χ1v) is 4.60. The maximum atomic E-state index is 6.95. The van der Waals surface area contributed by atoms with Gasteiger partial charge in [-0.1, -0.05) is 6.07 Å². The van der Waals surface area contributed by atoms with Crippen molar-refractivity contribution in [3.05, 3.63) is 22.4 Å². The summed E-state index contributed by atoms with van der Waals surface area (Å²) in [6, 6.07) is 4.02. The molecule has 0 aliphatic heterocycles. The summed E-state index contributed by atoms with van der Waals surface area (Å²) in [5.74, 6) is 0.182. The van der Waals surface area contributed by atoms with Gasteiger partial charge in [0.05, 0.1) is 19.0 Å². The molecule has 0 bridgehead atoms. The molecule has 0 atom stereocenters. The van der Waals surface area contributed by atoms with Crippen molar-refractivity contribution >= 4 is 17.2 Å². The first kappa shape index (κ1) is 9.22. The predicted molar refractivity (Wildman–Crippen MR) is 50.5 cm³/mol. The van der Waals surface area contributed by atoms with Crippen LogP contribution in [0.3, 0.4) is 0 Å². The van der Waals surface area contributed by atoms with Crippen molar-refractivity contribution in [3.63, 3.8) is 0 Å². The van der Waals surface area contributed by atoms with E-state index in [2.05, 4.69) is 0 Å². The van der Waals surface area contributed by atoms with Gasteiger partial charge in [0.25, 0.3) is 0 Å². The summed E-state index contributed by atoms with van der Waals surface area (Å²) in [5, 5.41) is 8.97. The standard InChI is InChI=1S/C8H12N2OS/c9-8(10)3-4-11-6-7-2-1-5-12-7/h1-2,5H,3-4,6H2,(H3,9,10). The third kappa shape index (κ3) is 3.50. The smallest absolute Gasteiger partial charge is 0.0928 e. The molecule has 4 heteroatoms. The zero-order chi connectivity index (χ0) is 8.81. The summed E-state index contributed by atoms with van der Waals surface area (Å²) < 4.78 is 5.28. The molecule has 1 aromatic heterocycles. The van der Waals surface area contributed by atoms with E-state index < -0.39 is 0 Å². The number of nitrogens with one attached hydrogen (secondary N) is 1. The molecule has 0 radical (unpaired) electrons. The van der Waals surface area contributed by atoms with Gasteiger partial charge in [0.2, 0.25) is 0 Å². The summed E-state index contributed by atoms with van der Waals surface area (Å²) in [7, 11) is 0. The van der Waals surface area contributed by atoms with Gasteiger partial charge in [-0.2, -0.15) is 0 Å². The van der Waals surface area contributed by atoms with E-state index in [1.54, 1.807) is 11.3 Å². The summed E-state index contributed by atoms with van der Waals surface area (Å²) in [6.45, 7) is 1.16. The Balaban J connectivity index is 2.07. The van der Waals surface area contributed by atoms with E-state index in [-0.39, 0.29) is 5.84 Å². The molecule has 0 aliphatic carbocycles. The molecule has 1 aromatic rings. The Kier molecular flexibility index (Phi) is 3.76. The van der Waals surface area contributed by atoms with Crippen molar-refractivity contribution in [2.75, 3.05) is 6.61 Å². The van der Waals surface area contributed by atoms with E-state index in [9.17, 15) is 0 Å². The molecule has 1 rings (SSSR count). The molecule has 0 spiro atoms. The van der Waals surface area contributed by atoms with Crippen LogP contribution in [0.2, 0.25) is 0 Å². The van der Waals surface area contributed by atoms with Crippen LogP contribution in [0.15, 0.2) is 17.5 Å². The molecule has 0 aliphatic rings. The van der Waals surface area contributed by atoms with Gasteiger partial charge in [-0.25, -0.2) is 0 Å². The van der Waals surface area contributed by atoms with Crippen LogP contribution in [-0.2, 0) is 11.3 Å². The minimum atomic E-state index is 0.182. The van der Waals surface area contributed by atoms with Gasteiger partial charge in [0.1, 0.15) is 0 Å². The van der Waals surface area contributed by atoms with Crippen LogP contribution in [0, 0.1) is 5.41 Å². The van der Waals surface area contributed by atoms with Crippen LogP contribution in [0.25, 0.3) is 0 Å². The summed E-state index contributed by atoms with van der Waals surface area (Å²) in [4.78, 5) is 1.21. The molecule has 0 amide bonds. The Morgan fingerprint density at radius 2 is 2.50 bits per heavy atom. The first-order chi connectivity index (χ1) is 5.79. The van der Waals surface area contributed by atoms with E-state index in [0.29, 0.717) is 19.6 Å². The van der Waals surface area contributed by atoms with Crippen LogP contribution in [0.1, 0.15) is 11.3 Å². The van der Waals surface area contributed by atoms with Gasteiger partial charge >= 0.3 is 0 Å². The maximum absolute atomic E-state index is 6.95. The Hall–Kier alpha value is -0.870. The maximum Gasteiger partial charge on any atom is 0.0928 e. The predicted octanol–water partition coefficient (Wildman–Crippen LogP) is 1.59. The van der Waals surface area contributed by atoms with Crippen LogP contribution in [0.5, 0.6) is 0 Å². The second-order valence-electron chi connectivity index (χ2n) is 2.41. The minimum absolute atomic E-state index is 0.182. The van der Waals surface area contributed by atoms with E-state index in [1.165, 1.54) is 4.88 Å². The van der Waals surface area contributed by atoms with Crippen molar-refractivity contribution in [1.29, 1.82) is 5.41 Å². The topological polar surface area (TPSA) is 59.1 Å². The Labute approximate surface area is 75.7 Å². The third-order valence-electron chi connectivity index (χ3n) is 1.34. The second kappa shape index (κ2) is 4.90. The van der Waals surface area contributed by atoms with E-state index in [1.807, 2.05) is 17.5 Å². The van der Waals surface area contributed by atoms with E-state index in [4.69, 9.17) is 15.9 Å². The Morgan fingerprint density at radius 3 is 3.08 bits per heavy atom. The van der Waals surface area contributed by atoms with E-state index in [0.717, 1.165) is 0 Å². The van der Waals surface area contributed by atoms with Gasteiger partial charge in [-0.05, 0) is 11.4 Å². The highest BCUT2D eigenvalue weighted by molar-refractivity contribution is 7.09. The minimum Gasteiger partial charge on any atom is -0.388 e. The van der Waals surface area contributed by atoms with Crippen LogP contribution >= 0.6 is 11.3 Å². The van der Waals surface area contributed by atoms with Gasteiger partial charge in [-0.3, -0.25) is 5.41 Å². The van der Waals surface area contributed by atoms with Crippen molar-refractivity contribution in [1.82, 2.24) is 0 Å². The molecule has 0 aromatic carbocycles. The summed E-state index contributed by atoms with van der Waals surface area (Å²) in [6.07, 6.45) is 0.519. The average molecular weight is 184 g/mol. The fourth-order valence-electron chi connectivity index (χ4n) is 0.750. The van der Waals surface area contributed by atoms with E-state index >= 15 is 0 Å². The molecule has 0 saturated heterocycles. The lowest BCUT2D eigenvalue weighted by Gasteiger charge is -2.00. The molecule has 3 nitrogen and oxygen atoms in total. The van der Waals surface area contributed by atoms with Crippen molar-refractivity contribution in [2.45, 2.75) is 13.0 Å². The number of thiophene rings is 1. The van der Waals surface area contributed by atoms with Gasteiger partial charge in [0.15, 0.2) is 0 Å². The quantitative estimate of drug-likeness (QED) is 0.415. The lowest BCUT2D eigenvalue weighted by molar-refractivity contribution is 0.129. The summed E-state index contributed by atoms with van der Waals surface area (Å²) in [5.41, 5.74) is 5.16. The highest BCUT2D eigenvalue weighted by Crippen LogP contribution is 2.09. The number of amidine groups is 1. The zero-order valence-corrected chi connectivity index (χ0v) is 7.56. The van der Waals surface area contributed by atoms with Gasteiger partial charge in [-0.15, -0.1) is 11.3 Å². The molecule has 0 saturated carbocycles. The van der Waals surface area contributed by atoms with Crippen LogP contribution < -0.4 is 5.73 Å². The monoisotopic (exact) mass is 184 g/mol. The van der Waals surface area contributed by atoms with Crippen LogP contribution in [-0.4, -0.2) is 12.4 Å². The molecule has 1 heterocycles. The Bertz CT molecular complexity index is 233. The summed E-state index contributed by atoms with van der Waals surface area (Å²) >= 11 is 1.67. The van der Waals surface area contributed by atoms with Crippen molar-refractivity contribution < 1.29 is 4.74 Å². The SMILES string of the molecule is N=C(N)CCOCc1cccs1. The third-order valence-corrected chi connectivity index (χ3v) is 2.19. The number of hydrogen-bond acceptors (Lipinski definition) is 3. The zero-order valence-electron chi connectivity index (χ0n) is 6.75. The normalized spacial score (nSPS) is 10.0. The fraction of sp³-hybridized carbons (Fsp3) is 0.375. The highest BCUT2D eigenvalue weighted by Gasteiger charge is 1.94. The molecule has 66 valence electrons.